The Hall–Kier alpha value is -3.51. The molecule has 0 radical (unpaired) electrons. The highest BCUT2D eigenvalue weighted by molar-refractivity contribution is 5.97. The molecule has 6 nitrogen and oxygen atoms in total. The van der Waals surface area contributed by atoms with Crippen LogP contribution in [0.25, 0.3) is 11.1 Å². The standard InChI is InChI=1S/C26H25N3O3/c1-17-5-2-3-7-21(17)18-8-10-19(11-9-18)25-22-14-28(15-24(31)29(22)23(25)16-30)26(32)20-6-4-12-27-13-20/h2-13,22-23,25,30H,14-16H2,1H3/t22-,23-,25+/m1/s1. The molecule has 3 aromatic rings. The Labute approximate surface area is 187 Å². The first kappa shape index (κ1) is 20.4. The van der Waals surface area contributed by atoms with E-state index in [-0.39, 0.29) is 43.0 Å². The largest absolute Gasteiger partial charge is 0.394 e. The third-order valence-electron chi connectivity index (χ3n) is 6.70. The van der Waals surface area contributed by atoms with Crippen molar-refractivity contribution in [3.05, 3.63) is 89.7 Å². The van der Waals surface area contributed by atoms with Gasteiger partial charge in [0, 0.05) is 24.9 Å². The van der Waals surface area contributed by atoms with Crippen molar-refractivity contribution in [1.82, 2.24) is 14.8 Å². The molecular weight excluding hydrogens is 402 g/mol. The monoisotopic (exact) mass is 427 g/mol. The van der Waals surface area contributed by atoms with Crippen LogP contribution in [0, 0.1) is 6.92 Å². The predicted octanol–water partition coefficient (Wildman–Crippen LogP) is 2.87. The van der Waals surface area contributed by atoms with Crippen molar-refractivity contribution >= 4 is 11.8 Å². The van der Waals surface area contributed by atoms with Crippen LogP contribution in [0.4, 0.5) is 0 Å². The fourth-order valence-corrected chi connectivity index (χ4v) is 5.11. The number of benzene rings is 2. The highest BCUT2D eigenvalue weighted by Crippen LogP contribution is 2.43. The summed E-state index contributed by atoms with van der Waals surface area (Å²) in [5.41, 5.74) is 5.09. The summed E-state index contributed by atoms with van der Waals surface area (Å²) in [6, 6.07) is 19.6. The van der Waals surface area contributed by atoms with Crippen LogP contribution in [-0.2, 0) is 4.79 Å². The molecule has 2 amide bonds. The lowest BCUT2D eigenvalue weighted by Crippen LogP contribution is -2.73. The topological polar surface area (TPSA) is 73.7 Å². The number of fused-ring (bicyclic) bond motifs is 1. The summed E-state index contributed by atoms with van der Waals surface area (Å²) in [4.78, 5) is 33.1. The van der Waals surface area contributed by atoms with Gasteiger partial charge in [0.2, 0.25) is 5.91 Å². The average Bonchev–Trinajstić information content (AvgIpc) is 2.81. The number of carbonyl (C=O) groups is 2. The van der Waals surface area contributed by atoms with Crippen LogP contribution in [0.2, 0.25) is 0 Å². The Morgan fingerprint density at radius 1 is 1.09 bits per heavy atom. The summed E-state index contributed by atoms with van der Waals surface area (Å²) >= 11 is 0. The Kier molecular flexibility index (Phi) is 5.23. The van der Waals surface area contributed by atoms with E-state index in [9.17, 15) is 14.7 Å². The first-order chi connectivity index (χ1) is 15.6. The van der Waals surface area contributed by atoms with Gasteiger partial charge in [-0.2, -0.15) is 0 Å². The molecule has 32 heavy (non-hydrogen) atoms. The normalized spacial score (nSPS) is 22.3. The SMILES string of the molecule is Cc1ccccc1-c1ccc([C@@H]2[C@@H](CO)N3C(=O)CN(C(=O)c4cccnc4)C[C@H]23)cc1. The van der Waals surface area contributed by atoms with Gasteiger partial charge >= 0.3 is 0 Å². The van der Waals surface area contributed by atoms with E-state index in [4.69, 9.17) is 0 Å². The molecule has 3 atom stereocenters. The zero-order valence-corrected chi connectivity index (χ0v) is 17.9. The maximum atomic E-state index is 12.9. The Morgan fingerprint density at radius 3 is 2.56 bits per heavy atom. The van der Waals surface area contributed by atoms with Gasteiger partial charge in [-0.3, -0.25) is 14.6 Å². The summed E-state index contributed by atoms with van der Waals surface area (Å²) < 4.78 is 0. The van der Waals surface area contributed by atoms with Crippen molar-refractivity contribution in [2.24, 2.45) is 0 Å². The number of amides is 2. The molecule has 2 fully saturated rings. The highest BCUT2D eigenvalue weighted by Gasteiger charge is 2.54. The van der Waals surface area contributed by atoms with E-state index in [1.807, 2.05) is 12.1 Å². The van der Waals surface area contributed by atoms with E-state index in [0.717, 1.165) is 11.1 Å². The molecule has 2 aliphatic rings. The molecule has 6 heteroatoms. The molecule has 3 heterocycles. The van der Waals surface area contributed by atoms with Crippen LogP contribution < -0.4 is 0 Å². The van der Waals surface area contributed by atoms with Crippen LogP contribution in [0.1, 0.15) is 27.4 Å². The van der Waals surface area contributed by atoms with Crippen molar-refractivity contribution < 1.29 is 14.7 Å². The lowest BCUT2D eigenvalue weighted by atomic mass is 9.73. The van der Waals surface area contributed by atoms with Gasteiger partial charge in [0.25, 0.3) is 5.91 Å². The summed E-state index contributed by atoms with van der Waals surface area (Å²) in [7, 11) is 0. The molecule has 0 aliphatic carbocycles. The number of pyridine rings is 1. The van der Waals surface area contributed by atoms with E-state index in [1.54, 1.807) is 28.1 Å². The van der Waals surface area contributed by atoms with E-state index >= 15 is 0 Å². The number of piperazine rings is 1. The molecule has 0 bridgehead atoms. The van der Waals surface area contributed by atoms with Crippen molar-refractivity contribution in [1.29, 1.82) is 0 Å². The van der Waals surface area contributed by atoms with Gasteiger partial charge in [0.05, 0.1) is 24.3 Å². The zero-order valence-electron chi connectivity index (χ0n) is 17.9. The van der Waals surface area contributed by atoms with E-state index < -0.39 is 0 Å². The predicted molar refractivity (Wildman–Crippen MR) is 121 cm³/mol. The molecule has 1 N–H and O–H groups in total. The maximum absolute atomic E-state index is 12.9. The zero-order chi connectivity index (χ0) is 22.2. The van der Waals surface area contributed by atoms with Crippen LogP contribution in [-0.4, -0.2) is 63.5 Å². The minimum Gasteiger partial charge on any atom is -0.394 e. The molecule has 0 spiro atoms. The molecule has 1 aromatic heterocycles. The first-order valence-corrected chi connectivity index (χ1v) is 10.9. The number of aryl methyl sites for hydroxylation is 1. The number of carbonyl (C=O) groups excluding carboxylic acids is 2. The number of hydrogen-bond donors (Lipinski definition) is 1. The number of aliphatic hydroxyl groups excluding tert-OH is 1. The van der Waals surface area contributed by atoms with E-state index in [1.165, 1.54) is 17.3 Å². The van der Waals surface area contributed by atoms with Crippen LogP contribution in [0.15, 0.2) is 73.1 Å². The smallest absolute Gasteiger partial charge is 0.255 e. The number of nitrogens with zero attached hydrogens (tertiary/aromatic N) is 3. The van der Waals surface area contributed by atoms with Gasteiger partial charge < -0.3 is 14.9 Å². The third kappa shape index (κ3) is 3.37. The molecule has 0 unspecified atom stereocenters. The molecule has 162 valence electrons. The van der Waals surface area contributed by atoms with E-state index in [0.29, 0.717) is 12.1 Å². The van der Waals surface area contributed by atoms with E-state index in [2.05, 4.69) is 48.3 Å². The fraction of sp³-hybridized carbons (Fsp3) is 0.269. The van der Waals surface area contributed by atoms with Crippen LogP contribution >= 0.6 is 0 Å². The molecule has 2 aliphatic heterocycles. The maximum Gasteiger partial charge on any atom is 0.255 e. The second kappa shape index (κ2) is 8.20. The Bertz CT molecular complexity index is 1150. The van der Waals surface area contributed by atoms with Crippen molar-refractivity contribution in [3.63, 3.8) is 0 Å². The second-order valence-electron chi connectivity index (χ2n) is 8.51. The van der Waals surface area contributed by atoms with Gasteiger partial charge in [-0.05, 0) is 41.3 Å². The van der Waals surface area contributed by atoms with Gasteiger partial charge in [-0.15, -0.1) is 0 Å². The molecule has 0 saturated carbocycles. The molecule has 2 saturated heterocycles. The lowest BCUT2D eigenvalue weighted by molar-refractivity contribution is -0.159. The number of rotatable bonds is 4. The van der Waals surface area contributed by atoms with Gasteiger partial charge in [0.15, 0.2) is 0 Å². The summed E-state index contributed by atoms with van der Waals surface area (Å²) in [5, 5.41) is 10.0. The Morgan fingerprint density at radius 2 is 1.88 bits per heavy atom. The number of aromatic nitrogens is 1. The third-order valence-corrected chi connectivity index (χ3v) is 6.70. The van der Waals surface area contributed by atoms with Crippen LogP contribution in [0.3, 0.4) is 0 Å². The molecule has 2 aromatic carbocycles. The van der Waals surface area contributed by atoms with Crippen LogP contribution in [0.5, 0.6) is 0 Å². The second-order valence-corrected chi connectivity index (χ2v) is 8.51. The van der Waals surface area contributed by atoms with Crippen molar-refractivity contribution in [2.75, 3.05) is 19.7 Å². The van der Waals surface area contributed by atoms with Crippen molar-refractivity contribution in [3.8, 4) is 11.1 Å². The number of aliphatic hydroxyl groups is 1. The number of hydrogen-bond acceptors (Lipinski definition) is 4. The summed E-state index contributed by atoms with van der Waals surface area (Å²) in [5.74, 6) is -0.322. The van der Waals surface area contributed by atoms with Crippen molar-refractivity contribution in [2.45, 2.75) is 24.9 Å². The van der Waals surface area contributed by atoms with Gasteiger partial charge in [-0.1, -0.05) is 48.5 Å². The quantitative estimate of drug-likeness (QED) is 0.695. The first-order valence-electron chi connectivity index (χ1n) is 10.9. The Balaban J connectivity index is 1.40. The highest BCUT2D eigenvalue weighted by atomic mass is 16.3. The fourth-order valence-electron chi connectivity index (χ4n) is 5.11. The molecule has 5 rings (SSSR count). The van der Waals surface area contributed by atoms with Gasteiger partial charge in [-0.25, -0.2) is 0 Å². The summed E-state index contributed by atoms with van der Waals surface area (Å²) in [6.45, 7) is 2.47. The molecular formula is C26H25N3O3. The average molecular weight is 428 g/mol. The summed E-state index contributed by atoms with van der Waals surface area (Å²) in [6.07, 6.45) is 3.15. The lowest BCUT2D eigenvalue weighted by Gasteiger charge is -2.58. The minimum absolute atomic E-state index is 0.0145. The van der Waals surface area contributed by atoms with Gasteiger partial charge in [0.1, 0.15) is 6.54 Å². The minimum atomic E-state index is -0.257.